The van der Waals surface area contributed by atoms with Crippen LogP contribution in [0.15, 0.2) is 99.8 Å². The molecule has 0 bridgehead atoms. The molecule has 0 atom stereocenters. The topological polar surface area (TPSA) is 35.5 Å². The van der Waals surface area contributed by atoms with E-state index in [1.54, 1.807) is 0 Å². The molecule has 2 aliphatic rings. The van der Waals surface area contributed by atoms with Crippen molar-refractivity contribution < 1.29 is 13.6 Å². The van der Waals surface area contributed by atoms with Crippen molar-refractivity contribution >= 4 is 67.0 Å². The minimum atomic E-state index is -0.197. The molecule has 0 spiro atoms. The fraction of sp³-hybridized carbons (Fsp3) is 0.0909. The van der Waals surface area contributed by atoms with E-state index in [1.165, 1.54) is 27.5 Å². The Labute approximate surface area is 213 Å². The van der Waals surface area contributed by atoms with Crippen LogP contribution in [0, 0.1) is 0 Å². The van der Waals surface area contributed by atoms with Crippen molar-refractivity contribution in [2.75, 3.05) is 0 Å². The van der Waals surface area contributed by atoms with Crippen molar-refractivity contribution in [1.29, 1.82) is 0 Å². The molecule has 0 radical (unpaired) electrons. The lowest BCUT2D eigenvalue weighted by Gasteiger charge is -2.41. The van der Waals surface area contributed by atoms with Gasteiger partial charge in [0.05, 0.1) is 10.8 Å². The predicted molar refractivity (Wildman–Crippen MR) is 151 cm³/mol. The average Bonchev–Trinajstić information content (AvgIpc) is 3.49. The highest BCUT2D eigenvalue weighted by atomic mass is 16.5. The molecule has 4 heteroatoms. The van der Waals surface area contributed by atoms with Crippen LogP contribution in [0.4, 0.5) is 0 Å². The first-order valence-electron chi connectivity index (χ1n) is 12.8. The van der Waals surface area contributed by atoms with Gasteiger partial charge in [0.15, 0.2) is 0 Å². The summed E-state index contributed by atoms with van der Waals surface area (Å²) in [5.74, 6) is 1.80. The van der Waals surface area contributed by atoms with E-state index in [2.05, 4.69) is 80.6 Å². The average molecular weight is 476 g/mol. The summed E-state index contributed by atoms with van der Waals surface area (Å²) in [6, 6.07) is 31.9. The van der Waals surface area contributed by atoms with Crippen LogP contribution in [0.5, 0.6) is 11.5 Å². The zero-order chi connectivity index (χ0) is 24.5. The number of para-hydroxylation sites is 2. The standard InChI is InChI=1S/C33H21BO3/c1-33(2)20-11-5-6-12-22(20)34-23-15-16-26-28(18-9-3-7-13-24(18)35-26)31(23)37-32-29-19-10-4-8-14-25(19)36-27(29)17-21(33)30(32)34/h3-17H,1-2H3. The maximum Gasteiger partial charge on any atom is 0.251 e. The van der Waals surface area contributed by atoms with Crippen molar-refractivity contribution in [3.63, 3.8) is 0 Å². The van der Waals surface area contributed by atoms with E-state index in [0.717, 1.165) is 55.4 Å². The first-order valence-corrected chi connectivity index (χ1v) is 12.8. The SMILES string of the molecule is CC1(C)c2ccccc2B2c3ccc4oc5ccccc5c4c3Oc3c2c1cc1oc2ccccc2c31. The summed E-state index contributed by atoms with van der Waals surface area (Å²) < 4.78 is 19.8. The molecule has 9 rings (SSSR count). The maximum absolute atomic E-state index is 7.07. The number of benzene rings is 5. The number of fused-ring (bicyclic) bond motifs is 12. The molecule has 0 aliphatic carbocycles. The molecule has 3 nitrogen and oxygen atoms in total. The van der Waals surface area contributed by atoms with Gasteiger partial charge in [0.2, 0.25) is 0 Å². The van der Waals surface area contributed by atoms with Gasteiger partial charge in [-0.15, -0.1) is 0 Å². The summed E-state index contributed by atoms with van der Waals surface area (Å²) in [4.78, 5) is 0. The van der Waals surface area contributed by atoms with Gasteiger partial charge in [0.1, 0.15) is 33.8 Å². The van der Waals surface area contributed by atoms with Crippen LogP contribution >= 0.6 is 0 Å². The summed E-state index contributed by atoms with van der Waals surface area (Å²) in [6.07, 6.45) is 0. The third-order valence-corrected chi connectivity index (χ3v) is 8.61. The minimum absolute atomic E-state index is 0.0640. The molecule has 5 aromatic carbocycles. The fourth-order valence-corrected chi connectivity index (χ4v) is 6.96. The number of ether oxygens (including phenoxy) is 1. The highest BCUT2D eigenvalue weighted by Gasteiger charge is 2.46. The Bertz CT molecular complexity index is 2110. The third-order valence-electron chi connectivity index (χ3n) is 8.61. The van der Waals surface area contributed by atoms with Crippen molar-refractivity contribution in [1.82, 2.24) is 0 Å². The molecule has 4 heterocycles. The van der Waals surface area contributed by atoms with E-state index in [1.807, 2.05) is 24.3 Å². The molecule has 0 fully saturated rings. The van der Waals surface area contributed by atoms with Gasteiger partial charge >= 0.3 is 0 Å². The van der Waals surface area contributed by atoms with Gasteiger partial charge in [-0.05, 0) is 46.3 Å². The zero-order valence-corrected chi connectivity index (χ0v) is 20.5. The largest absolute Gasteiger partial charge is 0.457 e. The minimum Gasteiger partial charge on any atom is -0.457 e. The van der Waals surface area contributed by atoms with Crippen LogP contribution in [-0.2, 0) is 5.41 Å². The lowest BCUT2D eigenvalue weighted by molar-refractivity contribution is 0.495. The Morgan fingerprint density at radius 2 is 1.22 bits per heavy atom. The Hall–Kier alpha value is -4.44. The molecule has 37 heavy (non-hydrogen) atoms. The molecular weight excluding hydrogens is 455 g/mol. The molecule has 7 aromatic rings. The van der Waals surface area contributed by atoms with E-state index in [-0.39, 0.29) is 12.1 Å². The van der Waals surface area contributed by atoms with Crippen molar-refractivity contribution in [3.05, 3.63) is 102 Å². The van der Waals surface area contributed by atoms with E-state index in [4.69, 9.17) is 13.6 Å². The summed E-state index contributed by atoms with van der Waals surface area (Å²) in [5, 5.41) is 4.24. The van der Waals surface area contributed by atoms with Crippen molar-refractivity contribution in [3.8, 4) is 11.5 Å². The van der Waals surface area contributed by atoms with Crippen LogP contribution in [-0.4, -0.2) is 6.71 Å². The Balaban J connectivity index is 1.50. The molecule has 0 unspecified atom stereocenters. The molecule has 0 saturated carbocycles. The zero-order valence-electron chi connectivity index (χ0n) is 20.5. The lowest BCUT2D eigenvalue weighted by atomic mass is 9.30. The van der Waals surface area contributed by atoms with E-state index in [0.29, 0.717) is 0 Å². The Kier molecular flexibility index (Phi) is 3.44. The molecule has 0 amide bonds. The molecule has 0 N–H and O–H groups in total. The highest BCUT2D eigenvalue weighted by Crippen LogP contribution is 2.47. The normalized spacial score (nSPS) is 15.1. The predicted octanol–water partition coefficient (Wildman–Crippen LogP) is 6.75. The third kappa shape index (κ3) is 2.30. The number of hydrogen-bond acceptors (Lipinski definition) is 3. The highest BCUT2D eigenvalue weighted by molar-refractivity contribution is 6.98. The summed E-state index contributed by atoms with van der Waals surface area (Å²) >= 11 is 0. The summed E-state index contributed by atoms with van der Waals surface area (Å²) in [7, 11) is 0. The summed E-state index contributed by atoms with van der Waals surface area (Å²) in [6.45, 7) is 4.69. The summed E-state index contributed by atoms with van der Waals surface area (Å²) in [5.41, 5.74) is 9.65. The van der Waals surface area contributed by atoms with Crippen molar-refractivity contribution in [2.45, 2.75) is 19.3 Å². The Morgan fingerprint density at radius 1 is 0.568 bits per heavy atom. The molecule has 0 saturated heterocycles. The second-order valence-electron chi connectivity index (χ2n) is 10.8. The van der Waals surface area contributed by atoms with E-state index in [9.17, 15) is 0 Å². The first kappa shape index (κ1) is 19.7. The van der Waals surface area contributed by atoms with Gasteiger partial charge in [-0.1, -0.05) is 86.0 Å². The Morgan fingerprint density at radius 3 is 2.00 bits per heavy atom. The second kappa shape index (κ2) is 6.46. The molecule has 2 aromatic heterocycles. The van der Waals surface area contributed by atoms with Gasteiger partial charge in [0, 0.05) is 16.2 Å². The van der Waals surface area contributed by atoms with Crippen LogP contribution in [0.25, 0.3) is 43.9 Å². The smallest absolute Gasteiger partial charge is 0.251 e. The second-order valence-corrected chi connectivity index (χ2v) is 10.8. The van der Waals surface area contributed by atoms with E-state index >= 15 is 0 Å². The lowest BCUT2D eigenvalue weighted by Crippen LogP contribution is -2.62. The molecule has 2 aliphatic heterocycles. The number of hydrogen-bond donors (Lipinski definition) is 0. The first-order chi connectivity index (χ1) is 18.1. The molecular formula is C33H21BO3. The van der Waals surface area contributed by atoms with Crippen LogP contribution in [0.3, 0.4) is 0 Å². The van der Waals surface area contributed by atoms with Crippen molar-refractivity contribution in [2.24, 2.45) is 0 Å². The van der Waals surface area contributed by atoms with E-state index < -0.39 is 0 Å². The quantitative estimate of drug-likeness (QED) is 0.227. The number of furan rings is 2. The molecule has 174 valence electrons. The maximum atomic E-state index is 7.07. The fourth-order valence-electron chi connectivity index (χ4n) is 6.96. The van der Waals surface area contributed by atoms with Gasteiger partial charge < -0.3 is 13.6 Å². The number of rotatable bonds is 0. The van der Waals surface area contributed by atoms with Gasteiger partial charge in [-0.25, -0.2) is 0 Å². The van der Waals surface area contributed by atoms with Gasteiger partial charge in [-0.2, -0.15) is 0 Å². The van der Waals surface area contributed by atoms with Crippen LogP contribution in [0.1, 0.15) is 25.0 Å². The van der Waals surface area contributed by atoms with Crippen LogP contribution < -0.4 is 21.1 Å². The van der Waals surface area contributed by atoms with Crippen LogP contribution in [0.2, 0.25) is 0 Å². The van der Waals surface area contributed by atoms with Gasteiger partial charge in [0.25, 0.3) is 6.71 Å². The van der Waals surface area contributed by atoms with Gasteiger partial charge in [-0.3, -0.25) is 0 Å². The monoisotopic (exact) mass is 476 g/mol.